The van der Waals surface area contributed by atoms with E-state index in [1.807, 2.05) is 32.0 Å². The monoisotopic (exact) mass is 316 g/mol. The molecule has 0 heterocycles. The van der Waals surface area contributed by atoms with Crippen molar-refractivity contribution in [2.24, 2.45) is 5.41 Å². The number of benzene rings is 1. The van der Waals surface area contributed by atoms with Crippen LogP contribution >= 0.6 is 23.2 Å². The van der Waals surface area contributed by atoms with Crippen LogP contribution in [-0.2, 0) is 9.53 Å². The quantitative estimate of drug-likeness (QED) is 0.471. The molecule has 0 saturated heterocycles. The molecule has 2 rings (SSSR count). The van der Waals surface area contributed by atoms with E-state index < -0.39 is 9.75 Å². The molecule has 0 aliphatic heterocycles. The minimum atomic E-state index is -0.989. The van der Waals surface area contributed by atoms with Crippen LogP contribution in [0, 0.1) is 19.3 Å². The summed E-state index contributed by atoms with van der Waals surface area (Å²) in [5.74, 6) is 0.470. The highest BCUT2D eigenvalue weighted by atomic mass is 35.5. The number of alkyl halides is 2. The minimum Gasteiger partial charge on any atom is -0.489 e. The smallest absolute Gasteiger partial charge is 0.315 e. The van der Waals surface area contributed by atoms with Crippen LogP contribution in [0.5, 0.6) is 5.75 Å². The van der Waals surface area contributed by atoms with Crippen LogP contribution in [0.25, 0.3) is 0 Å². The van der Waals surface area contributed by atoms with Crippen LogP contribution in [0.2, 0.25) is 0 Å². The van der Waals surface area contributed by atoms with Gasteiger partial charge in [0.15, 0.2) is 0 Å². The highest BCUT2D eigenvalue weighted by Crippen LogP contribution is 2.64. The molecule has 1 saturated carbocycles. The van der Waals surface area contributed by atoms with Crippen molar-refractivity contribution in [1.82, 2.24) is 0 Å². The molecule has 1 aliphatic rings. The van der Waals surface area contributed by atoms with E-state index in [1.165, 1.54) is 0 Å². The number of carbonyl (C=O) groups is 1. The van der Waals surface area contributed by atoms with Crippen molar-refractivity contribution in [1.29, 1.82) is 0 Å². The van der Waals surface area contributed by atoms with Crippen molar-refractivity contribution < 1.29 is 14.3 Å². The number of hydrogen-bond acceptors (Lipinski definition) is 3. The maximum atomic E-state index is 11.8. The van der Waals surface area contributed by atoms with Gasteiger partial charge in [-0.1, -0.05) is 18.2 Å². The van der Waals surface area contributed by atoms with Gasteiger partial charge < -0.3 is 9.47 Å². The molecule has 1 aromatic carbocycles. The summed E-state index contributed by atoms with van der Waals surface area (Å²) >= 11 is 11.9. The van der Waals surface area contributed by atoms with Crippen LogP contribution in [0.1, 0.15) is 24.5 Å². The fourth-order valence-electron chi connectivity index (χ4n) is 2.09. The van der Waals surface area contributed by atoms with Gasteiger partial charge in [0.1, 0.15) is 28.7 Å². The second-order valence-corrected chi connectivity index (χ2v) is 6.90. The standard InChI is InChI=1S/C15H18Cl2O3/c1-10-5-4-6-11(2)12(10)19-7-8-20-13(18)14(3)9-15(14,16)17/h4-6H,7-9H2,1-3H3. The number of rotatable bonds is 5. The van der Waals surface area contributed by atoms with Gasteiger partial charge in [0.05, 0.1) is 0 Å². The molecular formula is C15H18Cl2O3. The average Bonchev–Trinajstić information content (AvgIpc) is 2.88. The second kappa shape index (κ2) is 5.45. The van der Waals surface area contributed by atoms with Gasteiger partial charge in [-0.3, -0.25) is 4.79 Å². The molecule has 0 spiro atoms. The lowest BCUT2D eigenvalue weighted by Gasteiger charge is -2.14. The zero-order valence-electron chi connectivity index (χ0n) is 11.8. The Bertz CT molecular complexity index is 508. The molecular weight excluding hydrogens is 299 g/mol. The number of aryl methyl sites for hydroxylation is 2. The average molecular weight is 317 g/mol. The zero-order valence-corrected chi connectivity index (χ0v) is 13.3. The number of esters is 1. The normalized spacial score (nSPS) is 23.2. The molecule has 5 heteroatoms. The Morgan fingerprint density at radius 3 is 2.30 bits per heavy atom. The molecule has 0 N–H and O–H groups in total. The molecule has 0 aromatic heterocycles. The lowest BCUT2D eigenvalue weighted by Crippen LogP contribution is -2.23. The molecule has 1 unspecified atom stereocenters. The van der Waals surface area contributed by atoms with Crippen molar-refractivity contribution in [2.45, 2.75) is 31.5 Å². The fourth-order valence-corrected chi connectivity index (χ4v) is 2.77. The van der Waals surface area contributed by atoms with Gasteiger partial charge in [-0.2, -0.15) is 0 Å². The van der Waals surface area contributed by atoms with Crippen LogP contribution in [0.15, 0.2) is 18.2 Å². The summed E-state index contributed by atoms with van der Waals surface area (Å²) in [6, 6.07) is 5.94. The Morgan fingerprint density at radius 1 is 1.25 bits per heavy atom. The summed E-state index contributed by atoms with van der Waals surface area (Å²) in [6.07, 6.45) is 0.430. The summed E-state index contributed by atoms with van der Waals surface area (Å²) in [5.41, 5.74) is 1.34. The molecule has 0 bridgehead atoms. The van der Waals surface area contributed by atoms with E-state index in [-0.39, 0.29) is 12.6 Å². The lowest BCUT2D eigenvalue weighted by molar-refractivity contribution is -0.150. The fraction of sp³-hybridized carbons (Fsp3) is 0.533. The minimum absolute atomic E-state index is 0.187. The van der Waals surface area contributed by atoms with E-state index in [1.54, 1.807) is 6.92 Å². The van der Waals surface area contributed by atoms with E-state index >= 15 is 0 Å². The summed E-state index contributed by atoms with van der Waals surface area (Å²) in [5, 5.41) is 0. The van der Waals surface area contributed by atoms with Gasteiger partial charge in [-0.05, 0) is 31.9 Å². The molecule has 20 heavy (non-hydrogen) atoms. The van der Waals surface area contributed by atoms with Gasteiger partial charge in [0, 0.05) is 6.42 Å². The maximum Gasteiger partial charge on any atom is 0.315 e. The van der Waals surface area contributed by atoms with E-state index in [0.29, 0.717) is 13.0 Å². The predicted molar refractivity (Wildman–Crippen MR) is 79.5 cm³/mol. The Labute approximate surface area is 129 Å². The number of ether oxygens (including phenoxy) is 2. The predicted octanol–water partition coefficient (Wildman–Crippen LogP) is 3.81. The molecule has 110 valence electrons. The summed E-state index contributed by atoms with van der Waals surface area (Å²) in [6.45, 7) is 6.17. The van der Waals surface area contributed by atoms with Gasteiger partial charge in [0.25, 0.3) is 0 Å². The van der Waals surface area contributed by atoms with E-state index in [2.05, 4.69) is 0 Å². The van der Waals surface area contributed by atoms with E-state index in [4.69, 9.17) is 32.7 Å². The van der Waals surface area contributed by atoms with Crippen molar-refractivity contribution in [2.75, 3.05) is 13.2 Å². The molecule has 3 nitrogen and oxygen atoms in total. The van der Waals surface area contributed by atoms with Gasteiger partial charge in [-0.15, -0.1) is 23.2 Å². The van der Waals surface area contributed by atoms with E-state index in [9.17, 15) is 4.79 Å². The molecule has 1 aliphatic carbocycles. The van der Waals surface area contributed by atoms with Gasteiger partial charge >= 0.3 is 5.97 Å². The Morgan fingerprint density at radius 2 is 1.80 bits per heavy atom. The maximum absolute atomic E-state index is 11.8. The third kappa shape index (κ3) is 2.89. The summed E-state index contributed by atoms with van der Waals surface area (Å²) < 4.78 is 9.84. The Kier molecular flexibility index (Phi) is 4.22. The largest absolute Gasteiger partial charge is 0.489 e. The second-order valence-electron chi connectivity index (χ2n) is 5.42. The van der Waals surface area contributed by atoms with Gasteiger partial charge in [-0.25, -0.2) is 0 Å². The van der Waals surface area contributed by atoms with Crippen LogP contribution < -0.4 is 4.74 Å². The van der Waals surface area contributed by atoms with Gasteiger partial charge in [0.2, 0.25) is 0 Å². The Hall–Kier alpha value is -0.930. The number of hydrogen-bond donors (Lipinski definition) is 0. The molecule has 0 amide bonds. The van der Waals surface area contributed by atoms with Crippen molar-refractivity contribution in [3.8, 4) is 5.75 Å². The highest BCUT2D eigenvalue weighted by molar-refractivity contribution is 6.53. The first-order valence-electron chi connectivity index (χ1n) is 6.52. The zero-order chi connectivity index (χ0) is 15.0. The third-order valence-corrected chi connectivity index (χ3v) is 4.78. The molecule has 0 radical (unpaired) electrons. The topological polar surface area (TPSA) is 35.5 Å². The summed E-state index contributed by atoms with van der Waals surface area (Å²) in [4.78, 5) is 11.8. The first-order valence-corrected chi connectivity index (χ1v) is 7.27. The first kappa shape index (κ1) is 15.5. The van der Waals surface area contributed by atoms with Crippen molar-refractivity contribution >= 4 is 29.2 Å². The third-order valence-electron chi connectivity index (χ3n) is 3.68. The SMILES string of the molecule is Cc1cccc(C)c1OCCOC(=O)C1(C)CC1(Cl)Cl. The number of carbonyl (C=O) groups excluding carboxylic acids is 1. The van der Waals surface area contributed by atoms with E-state index in [0.717, 1.165) is 16.9 Å². The van der Waals surface area contributed by atoms with Crippen LogP contribution in [-0.4, -0.2) is 23.5 Å². The summed E-state index contributed by atoms with van der Waals surface area (Å²) in [7, 11) is 0. The molecule has 1 aromatic rings. The molecule has 1 fully saturated rings. The Balaban J connectivity index is 1.79. The highest BCUT2D eigenvalue weighted by Gasteiger charge is 2.69. The lowest BCUT2D eigenvalue weighted by atomic mass is 10.1. The van der Waals surface area contributed by atoms with Crippen LogP contribution in [0.4, 0.5) is 0 Å². The first-order chi connectivity index (χ1) is 9.28. The van der Waals surface area contributed by atoms with Crippen molar-refractivity contribution in [3.05, 3.63) is 29.3 Å². The molecule has 1 atom stereocenters. The van der Waals surface area contributed by atoms with Crippen molar-refractivity contribution in [3.63, 3.8) is 0 Å². The number of para-hydroxylation sites is 1. The van der Waals surface area contributed by atoms with Crippen LogP contribution in [0.3, 0.4) is 0 Å². The number of halogens is 2.